The number of nitriles is 1. The highest BCUT2D eigenvalue weighted by Crippen LogP contribution is 2.21. The van der Waals surface area contributed by atoms with E-state index in [1.165, 1.54) is 0 Å². The first-order chi connectivity index (χ1) is 10.1. The summed E-state index contributed by atoms with van der Waals surface area (Å²) in [5, 5.41) is 9.11. The van der Waals surface area contributed by atoms with Crippen molar-refractivity contribution in [2.24, 2.45) is 0 Å². The van der Waals surface area contributed by atoms with Gasteiger partial charge in [-0.05, 0) is 24.6 Å². The highest BCUT2D eigenvalue weighted by molar-refractivity contribution is 7.83. The van der Waals surface area contributed by atoms with Crippen LogP contribution in [0, 0.1) is 18.3 Å². The molecule has 3 atom stereocenters. The van der Waals surface area contributed by atoms with E-state index >= 15 is 0 Å². The van der Waals surface area contributed by atoms with E-state index < -0.39 is 23.2 Å². The Bertz CT molecular complexity index is 652. The summed E-state index contributed by atoms with van der Waals surface area (Å²) in [6.07, 6.45) is -1.54. The van der Waals surface area contributed by atoms with E-state index in [0.717, 1.165) is 5.56 Å². The van der Waals surface area contributed by atoms with Crippen LogP contribution in [0.4, 0.5) is 4.39 Å². The largest absolute Gasteiger partial charge is 0.239 e. The van der Waals surface area contributed by atoms with E-state index in [9.17, 15) is 8.60 Å². The lowest BCUT2D eigenvalue weighted by atomic mass is 10.1. The monoisotopic (exact) mass is 302 g/mol. The third kappa shape index (κ3) is 3.97. The molecule has 2 aromatic carbocycles. The molecule has 0 aromatic heterocycles. The molecule has 108 valence electrons. The molecule has 0 radical (unpaired) electrons. The lowest BCUT2D eigenvalue weighted by Gasteiger charge is -2.16. The SMILES string of the molecule is Cc1ccc([S@@](=O)N[C@@H](C#N)[C@@H](F)c2ccccc2)cc1. The van der Waals surface area contributed by atoms with Crippen LogP contribution < -0.4 is 4.72 Å². The van der Waals surface area contributed by atoms with Crippen molar-refractivity contribution in [3.8, 4) is 6.07 Å². The summed E-state index contributed by atoms with van der Waals surface area (Å²) in [6.45, 7) is 1.92. The zero-order valence-electron chi connectivity index (χ0n) is 11.5. The average Bonchev–Trinajstić information content (AvgIpc) is 2.53. The fraction of sp³-hybridized carbons (Fsp3) is 0.188. The number of hydrogen-bond acceptors (Lipinski definition) is 2. The number of rotatable bonds is 5. The van der Waals surface area contributed by atoms with Crippen molar-refractivity contribution in [3.05, 3.63) is 65.7 Å². The van der Waals surface area contributed by atoms with Gasteiger partial charge in [-0.1, -0.05) is 48.0 Å². The molecule has 0 unspecified atom stereocenters. The van der Waals surface area contributed by atoms with Crippen LogP contribution in [-0.2, 0) is 11.0 Å². The Morgan fingerprint density at radius 2 is 1.76 bits per heavy atom. The molecular formula is C16H15FN2OS. The Labute approximate surface area is 126 Å². The molecule has 0 heterocycles. The molecule has 2 aromatic rings. The van der Waals surface area contributed by atoms with Gasteiger partial charge < -0.3 is 0 Å². The highest BCUT2D eigenvalue weighted by atomic mass is 32.2. The number of benzene rings is 2. The third-order valence-electron chi connectivity index (χ3n) is 3.02. The van der Waals surface area contributed by atoms with Gasteiger partial charge in [-0.15, -0.1) is 0 Å². The Morgan fingerprint density at radius 3 is 2.33 bits per heavy atom. The molecular weight excluding hydrogens is 287 g/mol. The van der Waals surface area contributed by atoms with Gasteiger partial charge in [0.05, 0.1) is 11.0 Å². The summed E-state index contributed by atoms with van der Waals surface area (Å²) in [4.78, 5) is 0.515. The Balaban J connectivity index is 2.11. The molecule has 0 fully saturated rings. The zero-order chi connectivity index (χ0) is 15.2. The van der Waals surface area contributed by atoms with Crippen molar-refractivity contribution >= 4 is 11.0 Å². The lowest BCUT2D eigenvalue weighted by Crippen LogP contribution is -2.33. The number of alkyl halides is 1. The zero-order valence-corrected chi connectivity index (χ0v) is 12.3. The summed E-state index contributed by atoms with van der Waals surface area (Å²) in [5.41, 5.74) is 1.43. The minimum Gasteiger partial charge on any atom is -0.239 e. The van der Waals surface area contributed by atoms with Crippen molar-refractivity contribution in [1.29, 1.82) is 5.26 Å². The predicted octanol–water partition coefficient (Wildman–Crippen LogP) is 3.21. The minimum absolute atomic E-state index is 0.387. The molecule has 5 heteroatoms. The topological polar surface area (TPSA) is 52.9 Å². The van der Waals surface area contributed by atoms with Crippen LogP contribution in [0.2, 0.25) is 0 Å². The maximum atomic E-state index is 14.3. The molecule has 0 saturated carbocycles. The Hall–Kier alpha value is -2.03. The van der Waals surface area contributed by atoms with Crippen LogP contribution in [0.5, 0.6) is 0 Å². The normalized spacial score (nSPS) is 14.9. The number of nitrogens with zero attached hydrogens (tertiary/aromatic N) is 1. The average molecular weight is 302 g/mol. The van der Waals surface area contributed by atoms with Crippen molar-refractivity contribution in [2.75, 3.05) is 0 Å². The number of aryl methyl sites for hydroxylation is 1. The molecule has 0 spiro atoms. The molecule has 0 aliphatic rings. The van der Waals surface area contributed by atoms with Crippen LogP contribution in [0.15, 0.2) is 59.5 Å². The van der Waals surface area contributed by atoms with Gasteiger partial charge in [0, 0.05) is 0 Å². The molecule has 3 nitrogen and oxygen atoms in total. The van der Waals surface area contributed by atoms with Gasteiger partial charge in [0.25, 0.3) is 0 Å². The maximum Gasteiger partial charge on any atom is 0.155 e. The summed E-state index contributed by atoms with van der Waals surface area (Å²) < 4.78 is 29.0. The molecule has 1 N–H and O–H groups in total. The predicted molar refractivity (Wildman–Crippen MR) is 80.4 cm³/mol. The fourth-order valence-electron chi connectivity index (χ4n) is 1.83. The first-order valence-electron chi connectivity index (χ1n) is 6.45. The maximum absolute atomic E-state index is 14.3. The van der Waals surface area contributed by atoms with Crippen LogP contribution in [-0.4, -0.2) is 10.3 Å². The van der Waals surface area contributed by atoms with E-state index in [2.05, 4.69) is 4.72 Å². The summed E-state index contributed by atoms with van der Waals surface area (Å²) in [5.74, 6) is 0. The van der Waals surface area contributed by atoms with E-state index in [4.69, 9.17) is 5.26 Å². The first-order valence-corrected chi connectivity index (χ1v) is 7.60. The third-order valence-corrected chi connectivity index (χ3v) is 4.19. The van der Waals surface area contributed by atoms with E-state index in [0.29, 0.717) is 10.5 Å². The fourth-order valence-corrected chi connectivity index (χ4v) is 2.75. The first kappa shape index (κ1) is 15.4. The smallest absolute Gasteiger partial charge is 0.155 e. The van der Waals surface area contributed by atoms with Gasteiger partial charge >= 0.3 is 0 Å². The molecule has 0 aliphatic heterocycles. The van der Waals surface area contributed by atoms with Crippen molar-refractivity contribution in [3.63, 3.8) is 0 Å². The Morgan fingerprint density at radius 1 is 1.14 bits per heavy atom. The van der Waals surface area contributed by atoms with Crippen LogP contribution in [0.1, 0.15) is 17.3 Å². The quantitative estimate of drug-likeness (QED) is 0.922. The summed E-state index contributed by atoms with van der Waals surface area (Å²) >= 11 is 0. The summed E-state index contributed by atoms with van der Waals surface area (Å²) in [6, 6.07) is 16.1. The number of nitrogens with one attached hydrogen (secondary N) is 1. The highest BCUT2D eigenvalue weighted by Gasteiger charge is 2.24. The number of halogens is 1. The molecule has 0 saturated heterocycles. The molecule has 0 bridgehead atoms. The van der Waals surface area contributed by atoms with Crippen LogP contribution >= 0.6 is 0 Å². The van der Waals surface area contributed by atoms with E-state index in [1.54, 1.807) is 42.5 Å². The second-order valence-corrected chi connectivity index (χ2v) is 5.86. The van der Waals surface area contributed by atoms with Crippen molar-refractivity contribution in [1.82, 2.24) is 4.72 Å². The molecule has 21 heavy (non-hydrogen) atoms. The van der Waals surface area contributed by atoms with Crippen molar-refractivity contribution in [2.45, 2.75) is 24.0 Å². The van der Waals surface area contributed by atoms with E-state index in [-0.39, 0.29) is 0 Å². The van der Waals surface area contributed by atoms with Crippen LogP contribution in [0.25, 0.3) is 0 Å². The molecule has 2 rings (SSSR count). The van der Waals surface area contributed by atoms with Gasteiger partial charge in [0.15, 0.2) is 6.17 Å². The van der Waals surface area contributed by atoms with Gasteiger partial charge in [0.1, 0.15) is 17.0 Å². The second kappa shape index (κ2) is 7.11. The standard InChI is InChI=1S/C16H15FN2OS/c1-12-7-9-14(10-8-12)21(20)19-15(11-18)16(17)13-5-3-2-4-6-13/h2-10,15-16,19H,1H3/t15-,16-,21+/m0/s1. The van der Waals surface area contributed by atoms with Gasteiger partial charge in [-0.2, -0.15) is 5.26 Å². The van der Waals surface area contributed by atoms with Gasteiger partial charge in [-0.25, -0.2) is 13.3 Å². The minimum atomic E-state index is -1.63. The summed E-state index contributed by atoms with van der Waals surface area (Å²) in [7, 11) is -1.63. The molecule has 0 amide bonds. The second-order valence-electron chi connectivity index (χ2n) is 4.62. The van der Waals surface area contributed by atoms with Gasteiger partial charge in [0.2, 0.25) is 0 Å². The Kier molecular flexibility index (Phi) is 5.20. The number of hydrogen-bond donors (Lipinski definition) is 1. The molecule has 0 aliphatic carbocycles. The van der Waals surface area contributed by atoms with E-state index in [1.807, 2.05) is 25.1 Å². The van der Waals surface area contributed by atoms with Crippen LogP contribution in [0.3, 0.4) is 0 Å². The van der Waals surface area contributed by atoms with Gasteiger partial charge in [-0.3, -0.25) is 0 Å². The van der Waals surface area contributed by atoms with Crippen molar-refractivity contribution < 1.29 is 8.60 Å². The lowest BCUT2D eigenvalue weighted by molar-refractivity contribution is 0.310.